The summed E-state index contributed by atoms with van der Waals surface area (Å²) in [5.41, 5.74) is 1.79. The van der Waals surface area contributed by atoms with Crippen LogP contribution in [0.5, 0.6) is 0 Å². The molecule has 3 rings (SSSR count). The van der Waals surface area contributed by atoms with Gasteiger partial charge < -0.3 is 5.32 Å². The second-order valence-corrected chi connectivity index (χ2v) is 5.36. The number of aryl methyl sites for hydroxylation is 2. The fourth-order valence-corrected chi connectivity index (χ4v) is 2.24. The van der Waals surface area contributed by atoms with Gasteiger partial charge in [-0.05, 0) is 19.8 Å². The average molecular weight is 281 g/mol. The lowest BCUT2D eigenvalue weighted by atomic mass is 10.3. The predicted octanol–water partition coefficient (Wildman–Crippen LogP) is 1.27. The Kier molecular flexibility index (Phi) is 3.28. The van der Waals surface area contributed by atoms with Crippen LogP contribution in [0.25, 0.3) is 0 Å². The van der Waals surface area contributed by atoms with Crippen LogP contribution in [0, 0.1) is 6.92 Å². The van der Waals surface area contributed by atoms with E-state index in [-0.39, 0.29) is 0 Å². The summed E-state index contributed by atoms with van der Waals surface area (Å²) >= 11 is 6.22. The third-order valence-electron chi connectivity index (χ3n) is 3.28. The van der Waals surface area contributed by atoms with E-state index in [0.717, 1.165) is 23.8 Å². The van der Waals surface area contributed by atoms with Crippen molar-refractivity contribution in [2.24, 2.45) is 7.05 Å². The van der Waals surface area contributed by atoms with Crippen LogP contribution >= 0.6 is 11.6 Å². The quantitative estimate of drug-likeness (QED) is 0.896. The van der Waals surface area contributed by atoms with E-state index in [4.69, 9.17) is 11.6 Å². The monoisotopic (exact) mass is 280 g/mol. The van der Waals surface area contributed by atoms with E-state index in [2.05, 4.69) is 20.5 Å². The van der Waals surface area contributed by atoms with Gasteiger partial charge in [0.05, 0.1) is 29.5 Å². The van der Waals surface area contributed by atoms with E-state index in [0.29, 0.717) is 17.6 Å². The zero-order valence-corrected chi connectivity index (χ0v) is 11.9. The van der Waals surface area contributed by atoms with Crippen LogP contribution < -0.4 is 5.32 Å². The van der Waals surface area contributed by atoms with Gasteiger partial charge in [0, 0.05) is 13.1 Å². The van der Waals surface area contributed by atoms with Crippen molar-refractivity contribution in [2.45, 2.75) is 38.9 Å². The predicted molar refractivity (Wildman–Crippen MR) is 71.9 cm³/mol. The first-order valence-corrected chi connectivity index (χ1v) is 6.81. The number of hydrogen-bond acceptors (Lipinski definition) is 4. The normalized spacial score (nSPS) is 15.1. The van der Waals surface area contributed by atoms with Crippen molar-refractivity contribution < 1.29 is 0 Å². The smallest absolute Gasteiger partial charge is 0.164 e. The molecule has 1 saturated carbocycles. The lowest BCUT2D eigenvalue weighted by molar-refractivity contribution is 0.598. The van der Waals surface area contributed by atoms with Crippen molar-refractivity contribution in [3.63, 3.8) is 0 Å². The largest absolute Gasteiger partial charge is 0.307 e. The Hall–Kier alpha value is -1.40. The second kappa shape index (κ2) is 4.94. The second-order valence-electron chi connectivity index (χ2n) is 4.98. The van der Waals surface area contributed by atoms with Crippen LogP contribution in [0.3, 0.4) is 0 Å². The summed E-state index contributed by atoms with van der Waals surface area (Å²) in [4.78, 5) is 4.29. The molecule has 0 spiro atoms. The first-order valence-electron chi connectivity index (χ1n) is 6.43. The van der Waals surface area contributed by atoms with Crippen LogP contribution in [0.15, 0.2) is 6.33 Å². The molecule has 0 aliphatic heterocycles. The number of nitrogens with one attached hydrogen (secondary N) is 1. The molecule has 2 aromatic heterocycles. The Bertz CT molecular complexity index is 583. The van der Waals surface area contributed by atoms with Crippen LogP contribution in [-0.4, -0.2) is 30.6 Å². The van der Waals surface area contributed by atoms with Gasteiger partial charge in [0.2, 0.25) is 0 Å². The first kappa shape index (κ1) is 12.6. The van der Waals surface area contributed by atoms with E-state index in [1.165, 1.54) is 12.8 Å². The van der Waals surface area contributed by atoms with Gasteiger partial charge in [-0.1, -0.05) is 11.6 Å². The molecule has 0 aromatic carbocycles. The summed E-state index contributed by atoms with van der Waals surface area (Å²) in [6.45, 7) is 3.22. The van der Waals surface area contributed by atoms with Gasteiger partial charge in [-0.2, -0.15) is 10.2 Å². The topological polar surface area (TPSA) is 60.6 Å². The third kappa shape index (κ3) is 2.79. The standard InChI is InChI=1S/C12H17ClN6/c1-8-12(13)10(18(2)16-8)6-19-7-15-11(17-19)5-14-9-3-4-9/h7,9,14H,3-6H2,1-2H3. The highest BCUT2D eigenvalue weighted by Crippen LogP contribution is 2.20. The van der Waals surface area contributed by atoms with Crippen LogP contribution in [0.4, 0.5) is 0 Å². The highest BCUT2D eigenvalue weighted by atomic mass is 35.5. The van der Waals surface area contributed by atoms with Crippen molar-refractivity contribution in [1.29, 1.82) is 0 Å². The van der Waals surface area contributed by atoms with E-state index in [1.54, 1.807) is 15.7 Å². The maximum atomic E-state index is 6.22. The molecule has 2 heterocycles. The minimum atomic E-state index is 0.590. The molecule has 1 aliphatic rings. The molecular weight excluding hydrogens is 264 g/mol. The van der Waals surface area contributed by atoms with Gasteiger partial charge in [-0.25, -0.2) is 9.67 Å². The molecule has 0 atom stereocenters. The van der Waals surface area contributed by atoms with Crippen molar-refractivity contribution in [3.05, 3.63) is 28.6 Å². The molecule has 0 amide bonds. The SMILES string of the molecule is Cc1nn(C)c(Cn2cnc(CNC3CC3)n2)c1Cl. The van der Waals surface area contributed by atoms with E-state index in [1.807, 2.05) is 14.0 Å². The fraction of sp³-hybridized carbons (Fsp3) is 0.583. The van der Waals surface area contributed by atoms with Crippen LogP contribution in [-0.2, 0) is 20.1 Å². The molecule has 6 nitrogen and oxygen atoms in total. The Labute approximate surface area is 116 Å². The summed E-state index contributed by atoms with van der Waals surface area (Å²) < 4.78 is 3.59. The van der Waals surface area contributed by atoms with Crippen molar-refractivity contribution in [2.75, 3.05) is 0 Å². The summed E-state index contributed by atoms with van der Waals surface area (Å²) in [5.74, 6) is 0.821. The van der Waals surface area contributed by atoms with E-state index in [9.17, 15) is 0 Å². The van der Waals surface area contributed by atoms with Gasteiger partial charge in [0.15, 0.2) is 5.82 Å². The molecule has 2 aromatic rings. The van der Waals surface area contributed by atoms with E-state index >= 15 is 0 Å². The Balaban J connectivity index is 1.68. The molecule has 7 heteroatoms. The van der Waals surface area contributed by atoms with Crippen LogP contribution in [0.2, 0.25) is 5.02 Å². The zero-order chi connectivity index (χ0) is 13.4. The molecule has 0 saturated heterocycles. The number of nitrogens with zero attached hydrogens (tertiary/aromatic N) is 5. The molecule has 1 aliphatic carbocycles. The van der Waals surface area contributed by atoms with Crippen molar-refractivity contribution in [1.82, 2.24) is 29.9 Å². The lowest BCUT2D eigenvalue weighted by Gasteiger charge is -2.02. The third-order valence-corrected chi connectivity index (χ3v) is 3.78. The van der Waals surface area contributed by atoms with Gasteiger partial charge >= 0.3 is 0 Å². The fourth-order valence-electron chi connectivity index (χ4n) is 2.02. The minimum Gasteiger partial charge on any atom is -0.307 e. The zero-order valence-electron chi connectivity index (χ0n) is 11.1. The van der Waals surface area contributed by atoms with Crippen LogP contribution in [0.1, 0.15) is 30.1 Å². The molecular formula is C12H17ClN6. The summed E-state index contributed by atoms with van der Waals surface area (Å²) in [7, 11) is 1.89. The first-order chi connectivity index (χ1) is 9.13. The number of halogens is 1. The maximum absolute atomic E-state index is 6.22. The van der Waals surface area contributed by atoms with Gasteiger partial charge in [0.25, 0.3) is 0 Å². The molecule has 0 radical (unpaired) electrons. The number of rotatable bonds is 5. The molecule has 19 heavy (non-hydrogen) atoms. The highest BCUT2D eigenvalue weighted by molar-refractivity contribution is 6.31. The minimum absolute atomic E-state index is 0.590. The summed E-state index contributed by atoms with van der Waals surface area (Å²) in [5, 5.41) is 12.8. The highest BCUT2D eigenvalue weighted by Gasteiger charge is 2.20. The van der Waals surface area contributed by atoms with Crippen molar-refractivity contribution in [3.8, 4) is 0 Å². The Morgan fingerprint density at radius 2 is 2.21 bits per heavy atom. The molecule has 0 unspecified atom stereocenters. The number of hydrogen-bond donors (Lipinski definition) is 1. The van der Waals surface area contributed by atoms with Crippen molar-refractivity contribution >= 4 is 11.6 Å². The maximum Gasteiger partial charge on any atom is 0.164 e. The number of aromatic nitrogens is 5. The molecule has 1 fully saturated rings. The van der Waals surface area contributed by atoms with Gasteiger partial charge in [0.1, 0.15) is 6.33 Å². The Morgan fingerprint density at radius 1 is 1.42 bits per heavy atom. The lowest BCUT2D eigenvalue weighted by Crippen LogP contribution is -2.16. The molecule has 0 bridgehead atoms. The Morgan fingerprint density at radius 3 is 2.84 bits per heavy atom. The molecule has 1 N–H and O–H groups in total. The van der Waals surface area contributed by atoms with Gasteiger partial charge in [-0.3, -0.25) is 4.68 Å². The van der Waals surface area contributed by atoms with Gasteiger partial charge in [-0.15, -0.1) is 0 Å². The van der Waals surface area contributed by atoms with E-state index < -0.39 is 0 Å². The summed E-state index contributed by atoms with van der Waals surface area (Å²) in [6, 6.07) is 0.668. The summed E-state index contributed by atoms with van der Waals surface area (Å²) in [6.07, 6.45) is 4.28. The molecule has 102 valence electrons. The average Bonchev–Trinajstić information content (AvgIpc) is 3.06.